The number of carbonyl (C=O) groups is 2. The van der Waals surface area contributed by atoms with Crippen LogP contribution in [0, 0.1) is 11.8 Å². The Hall–Kier alpha value is -1.14. The van der Waals surface area contributed by atoms with Crippen molar-refractivity contribution in [1.82, 2.24) is 15.1 Å². The van der Waals surface area contributed by atoms with Gasteiger partial charge in [-0.05, 0) is 38.9 Å². The molecule has 1 aliphatic heterocycles. The second-order valence-corrected chi connectivity index (χ2v) is 6.90. The molecule has 0 aromatic heterocycles. The lowest BCUT2D eigenvalue weighted by Gasteiger charge is -2.28. The van der Waals surface area contributed by atoms with E-state index in [2.05, 4.69) is 31.1 Å². The number of carbonyl (C=O) groups excluding carboxylic acids is 2. The standard InChI is InChI=1S/C17H33N3O3/c1-14(2)13-20(4)16(21)7-11-23-12-8-18-17(22)15-5-9-19(3)10-6-15/h14-15H,5-13H2,1-4H3,(H,18,22). The van der Waals surface area contributed by atoms with Gasteiger partial charge in [0, 0.05) is 26.1 Å². The van der Waals surface area contributed by atoms with Crippen molar-refractivity contribution in [2.24, 2.45) is 11.8 Å². The Labute approximate surface area is 140 Å². The third-order valence-electron chi connectivity index (χ3n) is 4.16. The van der Waals surface area contributed by atoms with Gasteiger partial charge in [-0.15, -0.1) is 0 Å². The minimum atomic E-state index is 0.106. The number of nitrogens with one attached hydrogen (secondary N) is 1. The van der Waals surface area contributed by atoms with Gasteiger partial charge in [0.2, 0.25) is 11.8 Å². The summed E-state index contributed by atoms with van der Waals surface area (Å²) in [5.74, 6) is 0.848. The molecule has 2 amide bonds. The highest BCUT2D eigenvalue weighted by Gasteiger charge is 2.22. The number of hydrogen-bond acceptors (Lipinski definition) is 4. The Morgan fingerprint density at radius 1 is 1.26 bits per heavy atom. The Morgan fingerprint density at radius 2 is 1.91 bits per heavy atom. The predicted molar refractivity (Wildman–Crippen MR) is 91.1 cm³/mol. The van der Waals surface area contributed by atoms with Gasteiger partial charge in [0.25, 0.3) is 0 Å². The zero-order chi connectivity index (χ0) is 17.2. The van der Waals surface area contributed by atoms with Crippen molar-refractivity contribution in [3.05, 3.63) is 0 Å². The molecule has 134 valence electrons. The molecule has 0 unspecified atom stereocenters. The van der Waals surface area contributed by atoms with E-state index in [0.717, 1.165) is 32.5 Å². The molecule has 1 saturated heterocycles. The number of amides is 2. The van der Waals surface area contributed by atoms with Gasteiger partial charge in [-0.1, -0.05) is 13.8 Å². The van der Waals surface area contributed by atoms with Crippen LogP contribution < -0.4 is 5.32 Å². The zero-order valence-electron chi connectivity index (χ0n) is 15.1. The number of rotatable bonds is 9. The fraction of sp³-hybridized carbons (Fsp3) is 0.882. The molecule has 0 aromatic carbocycles. The van der Waals surface area contributed by atoms with Gasteiger partial charge >= 0.3 is 0 Å². The van der Waals surface area contributed by atoms with Crippen molar-refractivity contribution in [2.45, 2.75) is 33.1 Å². The second-order valence-electron chi connectivity index (χ2n) is 6.90. The van der Waals surface area contributed by atoms with Crippen LogP contribution in [-0.2, 0) is 14.3 Å². The molecule has 0 atom stereocenters. The summed E-state index contributed by atoms with van der Waals surface area (Å²) >= 11 is 0. The summed E-state index contributed by atoms with van der Waals surface area (Å²) in [5.41, 5.74) is 0. The predicted octanol–water partition coefficient (Wildman–Crippen LogP) is 0.966. The van der Waals surface area contributed by atoms with Crippen LogP contribution in [0.2, 0.25) is 0 Å². The molecule has 23 heavy (non-hydrogen) atoms. The summed E-state index contributed by atoms with van der Waals surface area (Å²) in [6, 6.07) is 0. The topological polar surface area (TPSA) is 61.9 Å². The largest absolute Gasteiger partial charge is 0.379 e. The van der Waals surface area contributed by atoms with Crippen LogP contribution in [0.5, 0.6) is 0 Å². The van der Waals surface area contributed by atoms with E-state index < -0.39 is 0 Å². The number of nitrogens with zero attached hydrogens (tertiary/aromatic N) is 2. The van der Waals surface area contributed by atoms with E-state index in [0.29, 0.717) is 32.1 Å². The van der Waals surface area contributed by atoms with Crippen molar-refractivity contribution >= 4 is 11.8 Å². The zero-order valence-corrected chi connectivity index (χ0v) is 15.1. The molecule has 0 aliphatic carbocycles. The molecular formula is C17H33N3O3. The number of hydrogen-bond donors (Lipinski definition) is 1. The minimum absolute atomic E-state index is 0.106. The van der Waals surface area contributed by atoms with Gasteiger partial charge < -0.3 is 19.9 Å². The third-order valence-corrected chi connectivity index (χ3v) is 4.16. The van der Waals surface area contributed by atoms with Crippen LogP contribution in [0.25, 0.3) is 0 Å². The van der Waals surface area contributed by atoms with Crippen molar-refractivity contribution in [3.63, 3.8) is 0 Å². The van der Waals surface area contributed by atoms with Gasteiger partial charge in [0.05, 0.1) is 19.6 Å². The van der Waals surface area contributed by atoms with Crippen LogP contribution in [0.15, 0.2) is 0 Å². The molecule has 1 rings (SSSR count). The summed E-state index contributed by atoms with van der Waals surface area (Å²) in [4.78, 5) is 27.8. The van der Waals surface area contributed by atoms with Crippen LogP contribution in [0.1, 0.15) is 33.1 Å². The van der Waals surface area contributed by atoms with Gasteiger partial charge in [-0.2, -0.15) is 0 Å². The van der Waals surface area contributed by atoms with E-state index in [1.54, 1.807) is 4.90 Å². The van der Waals surface area contributed by atoms with E-state index in [1.807, 2.05) is 7.05 Å². The maximum Gasteiger partial charge on any atom is 0.224 e. The molecular weight excluding hydrogens is 294 g/mol. The molecule has 6 heteroatoms. The fourth-order valence-corrected chi connectivity index (χ4v) is 2.76. The van der Waals surface area contributed by atoms with E-state index in [-0.39, 0.29) is 17.7 Å². The molecule has 0 bridgehead atoms. The lowest BCUT2D eigenvalue weighted by atomic mass is 9.96. The lowest BCUT2D eigenvalue weighted by Crippen LogP contribution is -2.40. The lowest BCUT2D eigenvalue weighted by molar-refractivity contribution is -0.131. The summed E-state index contributed by atoms with van der Waals surface area (Å²) in [5, 5.41) is 2.93. The monoisotopic (exact) mass is 327 g/mol. The average Bonchev–Trinajstić information content (AvgIpc) is 2.50. The van der Waals surface area contributed by atoms with Crippen molar-refractivity contribution in [1.29, 1.82) is 0 Å². The summed E-state index contributed by atoms with van der Waals surface area (Å²) in [6.07, 6.45) is 2.26. The van der Waals surface area contributed by atoms with Crippen LogP contribution in [-0.4, -0.2) is 75.1 Å². The fourth-order valence-electron chi connectivity index (χ4n) is 2.76. The first-order chi connectivity index (χ1) is 10.9. The van der Waals surface area contributed by atoms with Gasteiger partial charge in [0.1, 0.15) is 0 Å². The van der Waals surface area contributed by atoms with E-state index >= 15 is 0 Å². The molecule has 0 spiro atoms. The molecule has 1 fully saturated rings. The normalized spacial score (nSPS) is 16.6. The maximum absolute atomic E-state index is 12.0. The van der Waals surface area contributed by atoms with E-state index in [4.69, 9.17) is 4.74 Å². The van der Waals surface area contributed by atoms with E-state index in [9.17, 15) is 9.59 Å². The van der Waals surface area contributed by atoms with Crippen molar-refractivity contribution < 1.29 is 14.3 Å². The quantitative estimate of drug-likeness (QED) is 0.641. The molecule has 6 nitrogen and oxygen atoms in total. The highest BCUT2D eigenvalue weighted by molar-refractivity contribution is 5.78. The second kappa shape index (κ2) is 10.6. The van der Waals surface area contributed by atoms with Crippen LogP contribution >= 0.6 is 0 Å². The van der Waals surface area contributed by atoms with Crippen molar-refractivity contribution in [2.75, 3.05) is 53.5 Å². The Balaban J connectivity index is 2.02. The molecule has 0 radical (unpaired) electrons. The van der Waals surface area contributed by atoms with Gasteiger partial charge in [0.15, 0.2) is 0 Å². The summed E-state index contributed by atoms with van der Waals surface area (Å²) in [7, 11) is 3.91. The Kier molecular flexibility index (Phi) is 9.17. The average molecular weight is 327 g/mol. The number of ether oxygens (including phenoxy) is 1. The molecule has 0 saturated carbocycles. The third kappa shape index (κ3) is 8.32. The first kappa shape index (κ1) is 19.9. The number of piperidine rings is 1. The SMILES string of the molecule is CC(C)CN(C)C(=O)CCOCCNC(=O)C1CCN(C)CC1. The molecule has 1 aliphatic rings. The molecule has 1 N–H and O–H groups in total. The molecule has 0 aromatic rings. The first-order valence-corrected chi connectivity index (χ1v) is 8.68. The maximum atomic E-state index is 12.0. The smallest absolute Gasteiger partial charge is 0.224 e. The molecule has 1 heterocycles. The first-order valence-electron chi connectivity index (χ1n) is 8.68. The Morgan fingerprint density at radius 3 is 2.52 bits per heavy atom. The highest BCUT2D eigenvalue weighted by Crippen LogP contribution is 2.15. The van der Waals surface area contributed by atoms with Gasteiger partial charge in [-0.25, -0.2) is 0 Å². The van der Waals surface area contributed by atoms with Crippen molar-refractivity contribution in [3.8, 4) is 0 Å². The van der Waals surface area contributed by atoms with Gasteiger partial charge in [-0.3, -0.25) is 9.59 Å². The Bertz CT molecular complexity index is 366. The summed E-state index contributed by atoms with van der Waals surface area (Å²) in [6.45, 7) is 8.30. The van der Waals surface area contributed by atoms with Crippen LogP contribution in [0.3, 0.4) is 0 Å². The number of likely N-dealkylation sites (tertiary alicyclic amines) is 1. The highest BCUT2D eigenvalue weighted by atomic mass is 16.5. The summed E-state index contributed by atoms with van der Waals surface area (Å²) < 4.78 is 5.44. The van der Waals surface area contributed by atoms with Crippen LogP contribution in [0.4, 0.5) is 0 Å². The van der Waals surface area contributed by atoms with E-state index in [1.165, 1.54) is 0 Å². The minimum Gasteiger partial charge on any atom is -0.379 e.